The average Bonchev–Trinajstić information content (AvgIpc) is 2.40. The lowest BCUT2D eigenvalue weighted by Gasteiger charge is -2.13. The van der Waals surface area contributed by atoms with Gasteiger partial charge in [0.25, 0.3) is 0 Å². The third kappa shape index (κ3) is 4.02. The Morgan fingerprint density at radius 2 is 1.62 bits per heavy atom. The van der Waals surface area contributed by atoms with E-state index in [1.54, 1.807) is 0 Å². The molecule has 7 heteroatoms. The van der Waals surface area contributed by atoms with Crippen molar-refractivity contribution < 1.29 is 17.6 Å². The van der Waals surface area contributed by atoms with Crippen LogP contribution in [-0.2, 0) is 12.7 Å². The SMILES string of the molecule is Fc1ccc(Cl)c(CNc2cc(C(F)(F)F)ccc2Cl)c1. The molecular formula is C14H9Cl2F4N. The van der Waals surface area contributed by atoms with Gasteiger partial charge in [0.15, 0.2) is 0 Å². The van der Waals surface area contributed by atoms with E-state index in [0.717, 1.165) is 18.2 Å². The lowest BCUT2D eigenvalue weighted by atomic mass is 10.1. The Hall–Kier alpha value is -1.46. The van der Waals surface area contributed by atoms with E-state index in [1.165, 1.54) is 18.2 Å². The summed E-state index contributed by atoms with van der Waals surface area (Å²) in [5.74, 6) is -0.480. The van der Waals surface area contributed by atoms with Gasteiger partial charge >= 0.3 is 6.18 Å². The molecule has 0 amide bonds. The zero-order chi connectivity index (χ0) is 15.6. The maximum absolute atomic E-state index is 13.1. The highest BCUT2D eigenvalue weighted by Crippen LogP contribution is 2.34. The summed E-state index contributed by atoms with van der Waals surface area (Å²) in [7, 11) is 0. The molecule has 0 aliphatic carbocycles. The fraction of sp³-hybridized carbons (Fsp3) is 0.143. The van der Waals surface area contributed by atoms with Crippen molar-refractivity contribution in [1.82, 2.24) is 0 Å². The molecule has 2 aromatic rings. The maximum atomic E-state index is 13.1. The molecule has 0 radical (unpaired) electrons. The zero-order valence-electron chi connectivity index (χ0n) is 10.4. The van der Waals surface area contributed by atoms with Crippen LogP contribution < -0.4 is 5.32 Å². The van der Waals surface area contributed by atoms with Crippen molar-refractivity contribution >= 4 is 28.9 Å². The molecule has 0 unspecified atom stereocenters. The van der Waals surface area contributed by atoms with E-state index < -0.39 is 17.6 Å². The van der Waals surface area contributed by atoms with Crippen LogP contribution in [-0.4, -0.2) is 0 Å². The summed E-state index contributed by atoms with van der Waals surface area (Å²) in [5, 5.41) is 3.17. The largest absolute Gasteiger partial charge is 0.416 e. The summed E-state index contributed by atoms with van der Waals surface area (Å²) in [5.41, 5.74) is -0.295. The summed E-state index contributed by atoms with van der Waals surface area (Å²) in [4.78, 5) is 0. The zero-order valence-corrected chi connectivity index (χ0v) is 12.0. The first-order chi connectivity index (χ1) is 9.77. The molecule has 21 heavy (non-hydrogen) atoms. The van der Waals surface area contributed by atoms with Gasteiger partial charge in [-0.25, -0.2) is 4.39 Å². The summed E-state index contributed by atoms with van der Waals surface area (Å²) >= 11 is 11.7. The molecule has 0 saturated heterocycles. The normalized spacial score (nSPS) is 11.5. The van der Waals surface area contributed by atoms with Crippen LogP contribution in [0.4, 0.5) is 23.2 Å². The quantitative estimate of drug-likeness (QED) is 0.701. The molecule has 0 heterocycles. The fourth-order valence-electron chi connectivity index (χ4n) is 1.71. The van der Waals surface area contributed by atoms with Crippen molar-refractivity contribution in [2.24, 2.45) is 0 Å². The van der Waals surface area contributed by atoms with Gasteiger partial charge < -0.3 is 5.32 Å². The van der Waals surface area contributed by atoms with Crippen LogP contribution in [0.5, 0.6) is 0 Å². The second-order valence-electron chi connectivity index (χ2n) is 4.28. The second kappa shape index (κ2) is 6.12. The molecule has 112 valence electrons. The van der Waals surface area contributed by atoms with E-state index in [1.807, 2.05) is 0 Å². The molecule has 1 nitrogen and oxygen atoms in total. The van der Waals surface area contributed by atoms with Crippen LogP contribution in [0.3, 0.4) is 0 Å². The lowest BCUT2D eigenvalue weighted by Crippen LogP contribution is -2.07. The molecule has 0 aliphatic rings. The topological polar surface area (TPSA) is 12.0 Å². The third-order valence-electron chi connectivity index (χ3n) is 2.77. The number of hydrogen-bond acceptors (Lipinski definition) is 1. The van der Waals surface area contributed by atoms with Gasteiger partial charge in [-0.2, -0.15) is 13.2 Å². The van der Waals surface area contributed by atoms with Crippen molar-refractivity contribution in [3.63, 3.8) is 0 Å². The summed E-state index contributed by atoms with van der Waals surface area (Å²) < 4.78 is 51.0. The van der Waals surface area contributed by atoms with Gasteiger partial charge in [0.1, 0.15) is 5.82 Å². The highest BCUT2D eigenvalue weighted by molar-refractivity contribution is 6.33. The molecule has 1 N–H and O–H groups in total. The number of hydrogen-bond donors (Lipinski definition) is 1. The molecule has 0 aromatic heterocycles. The van der Waals surface area contributed by atoms with Crippen molar-refractivity contribution in [2.75, 3.05) is 5.32 Å². The van der Waals surface area contributed by atoms with Gasteiger partial charge in [-0.1, -0.05) is 23.2 Å². The second-order valence-corrected chi connectivity index (χ2v) is 5.10. The van der Waals surface area contributed by atoms with Crippen LogP contribution in [0, 0.1) is 5.82 Å². The van der Waals surface area contributed by atoms with Gasteiger partial charge in [0.05, 0.1) is 16.3 Å². The standard InChI is InChI=1S/C14H9Cl2F4N/c15-11-4-2-10(17)5-8(11)7-21-13-6-9(14(18,19)20)1-3-12(13)16/h1-6,21H,7H2. The number of alkyl halides is 3. The highest BCUT2D eigenvalue weighted by Gasteiger charge is 2.30. The van der Waals surface area contributed by atoms with Crippen molar-refractivity contribution in [1.29, 1.82) is 0 Å². The molecule has 2 rings (SSSR count). The number of halogens is 6. The summed E-state index contributed by atoms with van der Waals surface area (Å²) in [6.45, 7) is 0.0532. The first-order valence-electron chi connectivity index (χ1n) is 5.82. The van der Waals surface area contributed by atoms with Crippen molar-refractivity contribution in [3.8, 4) is 0 Å². The van der Waals surface area contributed by atoms with E-state index in [9.17, 15) is 17.6 Å². The Morgan fingerprint density at radius 1 is 0.952 bits per heavy atom. The van der Waals surface area contributed by atoms with E-state index in [4.69, 9.17) is 23.2 Å². The minimum absolute atomic E-state index is 0.0532. The molecule has 0 saturated carbocycles. The van der Waals surface area contributed by atoms with Gasteiger partial charge in [-0.05, 0) is 42.0 Å². The Morgan fingerprint density at radius 3 is 2.29 bits per heavy atom. The van der Waals surface area contributed by atoms with Gasteiger partial charge in [0, 0.05) is 11.6 Å². The lowest BCUT2D eigenvalue weighted by molar-refractivity contribution is -0.137. The average molecular weight is 338 g/mol. The number of nitrogens with one attached hydrogen (secondary N) is 1. The summed E-state index contributed by atoms with van der Waals surface area (Å²) in [6, 6.07) is 6.72. The summed E-state index contributed by atoms with van der Waals surface area (Å²) in [6.07, 6.45) is -4.46. The minimum Gasteiger partial charge on any atom is -0.380 e. The minimum atomic E-state index is -4.46. The van der Waals surface area contributed by atoms with Crippen LogP contribution in [0.1, 0.15) is 11.1 Å². The molecule has 0 atom stereocenters. The molecule has 0 fully saturated rings. The predicted octanol–water partition coefficient (Wildman–Crippen LogP) is 5.76. The first-order valence-corrected chi connectivity index (χ1v) is 6.57. The van der Waals surface area contributed by atoms with Gasteiger partial charge in [-0.15, -0.1) is 0 Å². The molecular weight excluding hydrogens is 329 g/mol. The highest BCUT2D eigenvalue weighted by atomic mass is 35.5. The Bertz CT molecular complexity index is 656. The van der Waals surface area contributed by atoms with E-state index in [-0.39, 0.29) is 17.3 Å². The fourth-order valence-corrected chi connectivity index (χ4v) is 2.08. The van der Waals surface area contributed by atoms with Crippen LogP contribution >= 0.6 is 23.2 Å². The Balaban J connectivity index is 2.22. The van der Waals surface area contributed by atoms with Gasteiger partial charge in [0.2, 0.25) is 0 Å². The molecule has 2 aromatic carbocycles. The van der Waals surface area contributed by atoms with E-state index in [0.29, 0.717) is 10.6 Å². The van der Waals surface area contributed by atoms with Crippen LogP contribution in [0.25, 0.3) is 0 Å². The third-order valence-corrected chi connectivity index (χ3v) is 3.47. The van der Waals surface area contributed by atoms with Crippen molar-refractivity contribution in [2.45, 2.75) is 12.7 Å². The first kappa shape index (κ1) is 15.9. The van der Waals surface area contributed by atoms with Crippen molar-refractivity contribution in [3.05, 3.63) is 63.4 Å². The Kier molecular flexibility index (Phi) is 4.64. The monoisotopic (exact) mass is 337 g/mol. The maximum Gasteiger partial charge on any atom is 0.416 e. The van der Waals surface area contributed by atoms with E-state index in [2.05, 4.69) is 5.32 Å². The number of rotatable bonds is 3. The predicted molar refractivity (Wildman–Crippen MR) is 75.2 cm³/mol. The number of benzene rings is 2. The molecule has 0 aliphatic heterocycles. The van der Waals surface area contributed by atoms with Gasteiger partial charge in [-0.3, -0.25) is 0 Å². The number of anilines is 1. The van der Waals surface area contributed by atoms with Crippen LogP contribution in [0.2, 0.25) is 10.0 Å². The Labute approximate surface area is 128 Å². The van der Waals surface area contributed by atoms with E-state index >= 15 is 0 Å². The molecule has 0 bridgehead atoms. The molecule has 0 spiro atoms. The van der Waals surface area contributed by atoms with Crippen LogP contribution in [0.15, 0.2) is 36.4 Å². The smallest absolute Gasteiger partial charge is 0.380 e.